The van der Waals surface area contributed by atoms with Gasteiger partial charge in [0.05, 0.1) is 11.6 Å². The summed E-state index contributed by atoms with van der Waals surface area (Å²) < 4.78 is 12.3. The maximum Gasteiger partial charge on any atom is 0.292 e. The fraction of sp³-hybridized carbons (Fsp3) is 0.0455. The van der Waals surface area contributed by atoms with Crippen molar-refractivity contribution in [1.29, 1.82) is 0 Å². The van der Waals surface area contributed by atoms with Crippen molar-refractivity contribution in [3.05, 3.63) is 92.9 Å². The molecule has 0 spiro atoms. The SMILES string of the molecule is Cc1cc(=O)[nH]c(-n2nc(-c3ccco3)cc2NC(=O)c2cc(=O)c3ccccc3o2)n1. The lowest BCUT2D eigenvalue weighted by molar-refractivity contribution is 0.0996. The van der Waals surface area contributed by atoms with Gasteiger partial charge < -0.3 is 14.2 Å². The molecule has 4 aromatic heterocycles. The number of anilines is 1. The lowest BCUT2D eigenvalue weighted by atomic mass is 10.2. The first-order chi connectivity index (χ1) is 15.5. The van der Waals surface area contributed by atoms with Crippen LogP contribution in [0.4, 0.5) is 5.82 Å². The summed E-state index contributed by atoms with van der Waals surface area (Å²) in [5, 5.41) is 7.44. The highest BCUT2D eigenvalue weighted by molar-refractivity contribution is 6.02. The number of benzene rings is 1. The summed E-state index contributed by atoms with van der Waals surface area (Å²) in [5.41, 5.74) is 0.442. The molecule has 10 nitrogen and oxygen atoms in total. The van der Waals surface area contributed by atoms with E-state index in [-0.39, 0.29) is 28.5 Å². The second-order valence-electron chi connectivity index (χ2n) is 6.94. The maximum absolute atomic E-state index is 12.9. The minimum atomic E-state index is -0.671. The average molecular weight is 429 g/mol. The van der Waals surface area contributed by atoms with E-state index in [0.717, 1.165) is 6.07 Å². The molecule has 2 N–H and O–H groups in total. The third-order valence-electron chi connectivity index (χ3n) is 4.64. The molecular weight excluding hydrogens is 414 g/mol. The zero-order valence-electron chi connectivity index (χ0n) is 16.7. The Kier molecular flexibility index (Phi) is 4.52. The molecule has 158 valence electrons. The maximum atomic E-state index is 12.9. The molecular formula is C22H15N5O5. The van der Waals surface area contributed by atoms with Crippen LogP contribution in [0.2, 0.25) is 0 Å². The van der Waals surface area contributed by atoms with Crippen molar-refractivity contribution < 1.29 is 13.6 Å². The van der Waals surface area contributed by atoms with Crippen LogP contribution in [0.3, 0.4) is 0 Å². The van der Waals surface area contributed by atoms with E-state index in [9.17, 15) is 14.4 Å². The zero-order chi connectivity index (χ0) is 22.2. The number of para-hydroxylation sites is 1. The van der Waals surface area contributed by atoms with Crippen LogP contribution in [0.5, 0.6) is 0 Å². The molecule has 32 heavy (non-hydrogen) atoms. The van der Waals surface area contributed by atoms with Gasteiger partial charge in [0.2, 0.25) is 5.95 Å². The quantitative estimate of drug-likeness (QED) is 0.448. The van der Waals surface area contributed by atoms with Crippen molar-refractivity contribution in [2.75, 3.05) is 5.32 Å². The highest BCUT2D eigenvalue weighted by Gasteiger charge is 2.19. The average Bonchev–Trinajstić information content (AvgIpc) is 3.43. The number of aromatic nitrogens is 4. The predicted molar refractivity (Wildman–Crippen MR) is 115 cm³/mol. The Balaban J connectivity index is 1.59. The summed E-state index contributed by atoms with van der Waals surface area (Å²) in [5.74, 6) is -0.109. The largest absolute Gasteiger partial charge is 0.463 e. The first-order valence-electron chi connectivity index (χ1n) is 9.54. The number of H-pyrrole nitrogens is 1. The molecule has 1 aromatic carbocycles. The highest BCUT2D eigenvalue weighted by Crippen LogP contribution is 2.24. The van der Waals surface area contributed by atoms with Gasteiger partial charge >= 0.3 is 0 Å². The second kappa shape index (κ2) is 7.51. The Labute approximate surface area is 179 Å². The van der Waals surface area contributed by atoms with Crippen LogP contribution in [0.15, 0.2) is 79.3 Å². The molecule has 0 bridgehead atoms. The summed E-state index contributed by atoms with van der Waals surface area (Å²) in [6.07, 6.45) is 1.49. The number of nitrogens with one attached hydrogen (secondary N) is 2. The first-order valence-corrected chi connectivity index (χ1v) is 9.54. The number of rotatable bonds is 4. The van der Waals surface area contributed by atoms with Gasteiger partial charge in [-0.25, -0.2) is 4.98 Å². The van der Waals surface area contributed by atoms with Gasteiger partial charge in [-0.2, -0.15) is 9.78 Å². The van der Waals surface area contributed by atoms with Crippen molar-refractivity contribution in [2.24, 2.45) is 0 Å². The van der Waals surface area contributed by atoms with E-state index in [0.29, 0.717) is 28.1 Å². The van der Waals surface area contributed by atoms with E-state index in [4.69, 9.17) is 8.83 Å². The van der Waals surface area contributed by atoms with Gasteiger partial charge in [0.1, 0.15) is 17.1 Å². The van der Waals surface area contributed by atoms with Gasteiger partial charge in [-0.1, -0.05) is 12.1 Å². The molecule has 5 aromatic rings. The van der Waals surface area contributed by atoms with Crippen molar-refractivity contribution in [3.63, 3.8) is 0 Å². The number of hydrogen-bond donors (Lipinski definition) is 2. The number of nitrogens with zero attached hydrogens (tertiary/aromatic N) is 3. The summed E-state index contributed by atoms with van der Waals surface area (Å²) in [7, 11) is 0. The first kappa shape index (κ1) is 19.2. The van der Waals surface area contributed by atoms with E-state index in [1.54, 1.807) is 49.4 Å². The van der Waals surface area contributed by atoms with Gasteiger partial charge in [0.15, 0.2) is 16.9 Å². The predicted octanol–water partition coefficient (Wildman–Crippen LogP) is 2.88. The Morgan fingerprint density at radius 1 is 1.09 bits per heavy atom. The number of hydrogen-bond acceptors (Lipinski definition) is 7. The molecule has 5 rings (SSSR count). The number of aryl methyl sites for hydroxylation is 1. The Bertz CT molecular complexity index is 1580. The molecule has 0 aliphatic carbocycles. The van der Waals surface area contributed by atoms with Gasteiger partial charge in [-0.3, -0.25) is 19.4 Å². The summed E-state index contributed by atoms with van der Waals surface area (Å²) >= 11 is 0. The van der Waals surface area contributed by atoms with Gasteiger partial charge in [0, 0.05) is 23.9 Å². The van der Waals surface area contributed by atoms with Crippen molar-refractivity contribution in [3.8, 4) is 17.4 Å². The van der Waals surface area contributed by atoms with Crippen molar-refractivity contribution >= 4 is 22.7 Å². The van der Waals surface area contributed by atoms with Crippen LogP contribution in [0, 0.1) is 6.92 Å². The minimum absolute atomic E-state index is 0.100. The lowest BCUT2D eigenvalue weighted by Gasteiger charge is -2.08. The molecule has 0 radical (unpaired) electrons. The standard InChI is InChI=1S/C22H15N5O5/c1-12-9-20(29)25-22(23-12)27-19(10-14(26-27)17-7-4-8-31-17)24-21(30)18-11-15(28)13-5-2-3-6-16(13)32-18/h2-11H,1H3,(H,24,30)(H,23,25,29). The number of fused-ring (bicyclic) bond motifs is 1. The fourth-order valence-corrected chi connectivity index (χ4v) is 3.23. The smallest absolute Gasteiger partial charge is 0.292 e. The normalized spacial score (nSPS) is 11.0. The van der Waals surface area contributed by atoms with E-state index in [1.807, 2.05) is 0 Å². The highest BCUT2D eigenvalue weighted by atomic mass is 16.3. The Hall–Kier alpha value is -4.73. The van der Waals surface area contributed by atoms with Crippen molar-refractivity contribution in [2.45, 2.75) is 6.92 Å². The van der Waals surface area contributed by atoms with Gasteiger partial charge in [0.25, 0.3) is 11.5 Å². The molecule has 0 unspecified atom stereocenters. The molecule has 0 aliphatic heterocycles. The Morgan fingerprint density at radius 3 is 2.72 bits per heavy atom. The number of aromatic amines is 1. The number of carbonyl (C=O) groups is 1. The topological polar surface area (TPSA) is 136 Å². The number of furan rings is 1. The monoisotopic (exact) mass is 429 g/mol. The van der Waals surface area contributed by atoms with E-state index in [1.165, 1.54) is 17.0 Å². The van der Waals surface area contributed by atoms with E-state index in [2.05, 4.69) is 20.4 Å². The summed E-state index contributed by atoms with van der Waals surface area (Å²) in [4.78, 5) is 44.1. The van der Waals surface area contributed by atoms with Crippen LogP contribution >= 0.6 is 0 Å². The molecule has 10 heteroatoms. The minimum Gasteiger partial charge on any atom is -0.463 e. The molecule has 0 fully saturated rings. The molecule has 0 atom stereocenters. The summed E-state index contributed by atoms with van der Waals surface area (Å²) in [6, 6.07) is 14.1. The molecule has 0 saturated heterocycles. The van der Waals surface area contributed by atoms with Crippen molar-refractivity contribution in [1.82, 2.24) is 19.7 Å². The zero-order valence-corrected chi connectivity index (χ0v) is 16.7. The van der Waals surface area contributed by atoms with Gasteiger partial charge in [-0.05, 0) is 31.2 Å². The summed E-state index contributed by atoms with van der Waals surface area (Å²) in [6.45, 7) is 1.66. The fourth-order valence-electron chi connectivity index (χ4n) is 3.23. The van der Waals surface area contributed by atoms with E-state index >= 15 is 0 Å². The van der Waals surface area contributed by atoms with Crippen LogP contribution < -0.4 is 16.3 Å². The second-order valence-corrected chi connectivity index (χ2v) is 6.94. The van der Waals surface area contributed by atoms with Gasteiger partial charge in [-0.15, -0.1) is 0 Å². The third kappa shape index (κ3) is 3.49. The number of amides is 1. The van der Waals surface area contributed by atoms with Crippen LogP contribution in [-0.4, -0.2) is 25.7 Å². The number of carbonyl (C=O) groups excluding carboxylic acids is 1. The van der Waals surface area contributed by atoms with Crippen LogP contribution in [-0.2, 0) is 0 Å². The third-order valence-corrected chi connectivity index (χ3v) is 4.64. The molecule has 4 heterocycles. The van der Waals surface area contributed by atoms with Crippen LogP contribution in [0.1, 0.15) is 16.2 Å². The molecule has 1 amide bonds. The Morgan fingerprint density at radius 2 is 1.94 bits per heavy atom. The lowest BCUT2D eigenvalue weighted by Crippen LogP contribution is -2.19. The molecule has 0 saturated carbocycles. The van der Waals surface area contributed by atoms with E-state index < -0.39 is 5.91 Å². The van der Waals surface area contributed by atoms with Crippen LogP contribution in [0.25, 0.3) is 28.4 Å². The molecule has 0 aliphatic rings.